The van der Waals surface area contributed by atoms with Crippen LogP contribution in [0.3, 0.4) is 0 Å². The second-order valence-electron chi connectivity index (χ2n) is 7.38. The van der Waals surface area contributed by atoms with Crippen molar-refractivity contribution < 1.29 is 27.9 Å². The van der Waals surface area contributed by atoms with Crippen LogP contribution in [0.25, 0.3) is 5.69 Å². The van der Waals surface area contributed by atoms with Crippen LogP contribution in [-0.2, 0) is 11.0 Å². The lowest BCUT2D eigenvalue weighted by Crippen LogP contribution is -2.30. The van der Waals surface area contributed by atoms with Crippen LogP contribution < -0.4 is 10.9 Å². The number of hydrogen-bond donors (Lipinski definition) is 3. The molecule has 0 spiro atoms. The Hall–Kier alpha value is -3.82. The predicted molar refractivity (Wildman–Crippen MR) is 110 cm³/mol. The molecule has 3 rings (SSSR count). The van der Waals surface area contributed by atoms with Gasteiger partial charge in [-0.25, -0.2) is 4.68 Å². The summed E-state index contributed by atoms with van der Waals surface area (Å²) in [5, 5.41) is 14.3. The molecule has 1 atom stereocenters. The standard InChI is InChI=1S/C22H20F3N3O4/c1-12-6-7-13(2)18(8-12)28-19(29)10-17(27-28)21(32)26-16(11-20(30)31)14-4-3-5-15(9-14)22(23,24)25/h3-10,16,27H,11H2,1-2H3,(H,26,32)(H,30,31). The zero-order chi connectivity index (χ0) is 23.6. The molecule has 0 bridgehead atoms. The number of nitrogens with zero attached hydrogens (tertiary/aromatic N) is 1. The Morgan fingerprint density at radius 2 is 1.84 bits per heavy atom. The van der Waals surface area contributed by atoms with Crippen LogP contribution in [0.15, 0.2) is 53.3 Å². The van der Waals surface area contributed by atoms with E-state index in [4.69, 9.17) is 0 Å². The van der Waals surface area contributed by atoms with Crippen LogP contribution in [0.5, 0.6) is 0 Å². The summed E-state index contributed by atoms with van der Waals surface area (Å²) in [5.74, 6) is -2.14. The predicted octanol–water partition coefficient (Wildman–Crippen LogP) is 3.75. The normalized spacial score (nSPS) is 12.4. The summed E-state index contributed by atoms with van der Waals surface area (Å²) < 4.78 is 40.3. The Morgan fingerprint density at radius 3 is 2.50 bits per heavy atom. The van der Waals surface area contributed by atoms with Crippen molar-refractivity contribution in [3.63, 3.8) is 0 Å². The molecule has 1 aromatic heterocycles. The summed E-state index contributed by atoms with van der Waals surface area (Å²) in [6, 6.07) is 9.31. The number of carboxylic acid groups (broad SMARTS) is 1. The molecule has 10 heteroatoms. The molecule has 0 fully saturated rings. The topological polar surface area (TPSA) is 104 Å². The molecular formula is C22H20F3N3O4. The van der Waals surface area contributed by atoms with Gasteiger partial charge in [-0.05, 0) is 48.7 Å². The third-order valence-corrected chi connectivity index (χ3v) is 4.87. The molecule has 0 saturated heterocycles. The number of H-pyrrole nitrogens is 1. The summed E-state index contributed by atoms with van der Waals surface area (Å²) in [6.45, 7) is 3.63. The fraction of sp³-hybridized carbons (Fsp3) is 0.227. The lowest BCUT2D eigenvalue weighted by Gasteiger charge is -2.18. The van der Waals surface area contributed by atoms with Gasteiger partial charge in [0.15, 0.2) is 0 Å². The number of alkyl halides is 3. The zero-order valence-corrected chi connectivity index (χ0v) is 17.2. The minimum absolute atomic E-state index is 0.0214. The van der Waals surface area contributed by atoms with Gasteiger partial charge in [0.25, 0.3) is 11.5 Å². The van der Waals surface area contributed by atoms with Crippen molar-refractivity contribution in [2.24, 2.45) is 0 Å². The highest BCUT2D eigenvalue weighted by atomic mass is 19.4. The van der Waals surface area contributed by atoms with E-state index in [1.807, 2.05) is 19.1 Å². The summed E-state index contributed by atoms with van der Waals surface area (Å²) in [4.78, 5) is 36.4. The Balaban J connectivity index is 1.92. The third kappa shape index (κ3) is 5.08. The summed E-state index contributed by atoms with van der Waals surface area (Å²) >= 11 is 0. The van der Waals surface area contributed by atoms with Gasteiger partial charge in [0.2, 0.25) is 0 Å². The largest absolute Gasteiger partial charge is 0.481 e. The van der Waals surface area contributed by atoms with Crippen molar-refractivity contribution in [1.82, 2.24) is 15.1 Å². The maximum atomic E-state index is 13.0. The highest BCUT2D eigenvalue weighted by Gasteiger charge is 2.31. The van der Waals surface area contributed by atoms with Gasteiger partial charge in [0.05, 0.1) is 23.7 Å². The summed E-state index contributed by atoms with van der Waals surface area (Å²) in [5.41, 5.74) is 0.550. The van der Waals surface area contributed by atoms with E-state index in [1.54, 1.807) is 13.0 Å². The Labute approximate surface area is 180 Å². The van der Waals surface area contributed by atoms with Crippen LogP contribution in [0, 0.1) is 13.8 Å². The van der Waals surface area contributed by atoms with E-state index in [2.05, 4.69) is 10.4 Å². The maximum Gasteiger partial charge on any atom is 0.416 e. The van der Waals surface area contributed by atoms with Gasteiger partial charge < -0.3 is 10.4 Å². The van der Waals surface area contributed by atoms with Crippen molar-refractivity contribution in [2.75, 3.05) is 0 Å². The fourth-order valence-electron chi connectivity index (χ4n) is 3.25. The number of rotatable bonds is 6. The minimum atomic E-state index is -4.62. The molecular weight excluding hydrogens is 427 g/mol. The zero-order valence-electron chi connectivity index (χ0n) is 17.2. The number of carbonyl (C=O) groups excluding carboxylic acids is 1. The number of aliphatic carboxylic acids is 1. The maximum absolute atomic E-state index is 13.0. The van der Waals surface area contributed by atoms with Gasteiger partial charge in [-0.1, -0.05) is 24.3 Å². The molecule has 1 unspecified atom stereocenters. The number of carbonyl (C=O) groups is 2. The smallest absolute Gasteiger partial charge is 0.416 e. The lowest BCUT2D eigenvalue weighted by atomic mass is 10.0. The fourth-order valence-corrected chi connectivity index (χ4v) is 3.25. The number of benzene rings is 2. The molecule has 0 aliphatic carbocycles. The summed E-state index contributed by atoms with van der Waals surface area (Å²) in [6.07, 6.45) is -5.27. The number of aryl methyl sites for hydroxylation is 2. The molecule has 1 heterocycles. The molecule has 7 nitrogen and oxygen atoms in total. The van der Waals surface area contributed by atoms with E-state index < -0.39 is 41.6 Å². The van der Waals surface area contributed by atoms with Gasteiger partial charge in [-0.2, -0.15) is 13.2 Å². The first-order valence-electron chi connectivity index (χ1n) is 9.55. The van der Waals surface area contributed by atoms with Crippen molar-refractivity contribution in [3.8, 4) is 5.69 Å². The highest BCUT2D eigenvalue weighted by molar-refractivity contribution is 5.92. The molecule has 1 amide bonds. The van der Waals surface area contributed by atoms with Gasteiger partial charge >= 0.3 is 12.1 Å². The lowest BCUT2D eigenvalue weighted by molar-refractivity contribution is -0.138. The average Bonchev–Trinajstić information content (AvgIpc) is 3.10. The molecule has 3 N–H and O–H groups in total. The molecule has 0 radical (unpaired) electrons. The van der Waals surface area contributed by atoms with Crippen LogP contribution in [0.1, 0.15) is 45.2 Å². The molecule has 32 heavy (non-hydrogen) atoms. The van der Waals surface area contributed by atoms with E-state index in [-0.39, 0.29) is 11.3 Å². The molecule has 3 aromatic rings. The average molecular weight is 447 g/mol. The first-order chi connectivity index (χ1) is 15.0. The van der Waals surface area contributed by atoms with Crippen molar-refractivity contribution >= 4 is 11.9 Å². The third-order valence-electron chi connectivity index (χ3n) is 4.87. The second-order valence-corrected chi connectivity index (χ2v) is 7.38. The van der Waals surface area contributed by atoms with Gasteiger partial charge in [-0.15, -0.1) is 0 Å². The SMILES string of the molecule is Cc1ccc(C)c(-n2[nH]c(C(=O)NC(CC(=O)O)c3cccc(C(F)(F)F)c3)cc2=O)c1. The van der Waals surface area contributed by atoms with Crippen molar-refractivity contribution in [3.05, 3.63) is 86.8 Å². The number of amides is 1. The van der Waals surface area contributed by atoms with E-state index in [9.17, 15) is 32.7 Å². The number of aromatic amines is 1. The quantitative estimate of drug-likeness (QED) is 0.535. The Bertz CT molecular complexity index is 1230. The second kappa shape index (κ2) is 8.74. The van der Waals surface area contributed by atoms with E-state index >= 15 is 0 Å². The molecule has 0 aliphatic rings. The van der Waals surface area contributed by atoms with Crippen LogP contribution in [-0.4, -0.2) is 26.8 Å². The van der Waals surface area contributed by atoms with Crippen LogP contribution in [0.4, 0.5) is 13.2 Å². The van der Waals surface area contributed by atoms with E-state index in [1.165, 1.54) is 10.7 Å². The first-order valence-corrected chi connectivity index (χ1v) is 9.55. The van der Waals surface area contributed by atoms with Gasteiger partial charge in [-0.3, -0.25) is 19.5 Å². The number of nitrogens with one attached hydrogen (secondary N) is 2. The molecule has 168 valence electrons. The van der Waals surface area contributed by atoms with E-state index in [0.29, 0.717) is 5.69 Å². The number of aromatic nitrogens is 2. The minimum Gasteiger partial charge on any atom is -0.481 e. The molecule has 2 aromatic carbocycles. The van der Waals surface area contributed by atoms with Crippen LogP contribution >= 0.6 is 0 Å². The Kier molecular flexibility index (Phi) is 6.24. The highest BCUT2D eigenvalue weighted by Crippen LogP contribution is 2.31. The number of halogens is 3. The molecule has 0 aliphatic heterocycles. The van der Waals surface area contributed by atoms with Crippen molar-refractivity contribution in [1.29, 1.82) is 0 Å². The van der Waals surface area contributed by atoms with E-state index in [0.717, 1.165) is 35.4 Å². The summed E-state index contributed by atoms with van der Waals surface area (Å²) in [7, 11) is 0. The molecule has 0 saturated carbocycles. The monoisotopic (exact) mass is 447 g/mol. The van der Waals surface area contributed by atoms with Gasteiger partial charge in [0, 0.05) is 6.07 Å². The number of hydrogen-bond acceptors (Lipinski definition) is 3. The van der Waals surface area contributed by atoms with Crippen LogP contribution in [0.2, 0.25) is 0 Å². The Morgan fingerprint density at radius 1 is 1.12 bits per heavy atom. The van der Waals surface area contributed by atoms with Crippen molar-refractivity contribution in [2.45, 2.75) is 32.5 Å². The first kappa shape index (κ1) is 22.9. The number of carboxylic acids is 1. The van der Waals surface area contributed by atoms with Gasteiger partial charge in [0.1, 0.15) is 5.69 Å².